The molecule has 2 N–H and O–H groups in total. The van der Waals surface area contributed by atoms with Crippen LogP contribution in [0.15, 0.2) is 287 Å². The third kappa shape index (κ3) is 89.8. The van der Waals surface area contributed by atoms with Gasteiger partial charge < -0.3 is 31.9 Å². The molecule has 1 radical (unpaired) electrons. The van der Waals surface area contributed by atoms with E-state index < -0.39 is 17.6 Å². The molecule has 0 bridgehead atoms. The second kappa shape index (κ2) is 102. The first-order valence-electron chi connectivity index (χ1n) is 34.9. The van der Waals surface area contributed by atoms with E-state index in [1.165, 1.54) is 70.0 Å². The normalized spacial score (nSPS) is 8.22. The van der Waals surface area contributed by atoms with E-state index in [0.29, 0.717) is 29.9 Å². The monoisotopic (exact) mass is 2430 g/mol. The fourth-order valence-electron chi connectivity index (χ4n) is 5.55. The summed E-state index contributed by atoms with van der Waals surface area (Å²) >= 11 is 38.5. The number of aryl methyl sites for hydroxylation is 1. The summed E-state index contributed by atoms with van der Waals surface area (Å²) in [5.41, 5.74) is 1.72. The fraction of sp³-hybridized carbons (Fsp3) is 0.273. The van der Waals surface area contributed by atoms with Gasteiger partial charge in [-0.05, 0) is 158 Å². The molecule has 0 heterocycles. The second-order valence-electron chi connectivity index (χ2n) is 18.2. The van der Waals surface area contributed by atoms with Gasteiger partial charge in [0.2, 0.25) is 0 Å². The Bertz CT molecular complexity index is 3370. The SMILES string of the molecule is Brc1ccccc1.Brc1ccccc1.Brc1ccccc1.Brc1ccccc1.Brc1ccccc1.CC.CC.CC.CC.CC.CCBr.CCC.CCO.CCc1ccc(Br)cc1F.COC(=O)c1ccc(Br)cc1F.COC(C)=O.Fc1cc(Br)ccc1CBr.O=COc1ccc(Br)cc1F.OCc1ccc(Br)cc1F.[CH3-].[Y]. The first-order valence-corrected chi connectivity index (χ1v) is 45.1. The number of hydrogen-bond donors (Lipinski definition) is 2. The van der Waals surface area contributed by atoms with E-state index in [2.05, 4.69) is 219 Å². The molecule has 0 spiro atoms. The summed E-state index contributed by atoms with van der Waals surface area (Å²) in [4.78, 5) is 30.3. The van der Waals surface area contributed by atoms with Gasteiger partial charge in [0, 0.05) is 107 Å². The number of carbonyl (C=O) groups is 3. The van der Waals surface area contributed by atoms with Crippen molar-refractivity contribution in [3.63, 3.8) is 0 Å². The number of hydrogen-bond acceptors (Lipinski definition) is 8. The van der Waals surface area contributed by atoms with Gasteiger partial charge in [0.05, 0.1) is 26.4 Å². The second-order valence-corrected chi connectivity index (χ2v) is 29.1. The number of aliphatic hydroxyl groups excluding tert-OH is 2. The van der Waals surface area contributed by atoms with Gasteiger partial charge in [-0.1, -0.05) is 404 Å². The summed E-state index contributed by atoms with van der Waals surface area (Å²) in [5.74, 6) is -2.81. The van der Waals surface area contributed by atoms with Crippen molar-refractivity contribution in [1.82, 2.24) is 0 Å². The van der Waals surface area contributed by atoms with Crippen molar-refractivity contribution in [2.45, 2.75) is 136 Å². The van der Waals surface area contributed by atoms with Crippen LogP contribution in [-0.2, 0) is 70.1 Å². The minimum Gasteiger partial charge on any atom is -0.469 e. The molecule has 8 nitrogen and oxygen atoms in total. The zero-order valence-corrected chi connectivity index (χ0v) is 90.1. The zero-order valence-electron chi connectivity index (χ0n) is 68.3. The summed E-state index contributed by atoms with van der Waals surface area (Å²) < 4.78 is 85.9. The number of halogens is 17. The van der Waals surface area contributed by atoms with Crippen LogP contribution in [-0.4, -0.2) is 54.8 Å². The van der Waals surface area contributed by atoms with Gasteiger partial charge in [-0.25, -0.2) is 26.7 Å². The van der Waals surface area contributed by atoms with Gasteiger partial charge in [-0.3, -0.25) is 9.59 Å². The van der Waals surface area contributed by atoms with E-state index in [-0.39, 0.29) is 94.6 Å². The van der Waals surface area contributed by atoms with Crippen LogP contribution in [0.5, 0.6) is 5.75 Å². The third-order valence-corrected chi connectivity index (χ3v) is 15.8. The van der Waals surface area contributed by atoms with Gasteiger partial charge in [-0.2, -0.15) is 0 Å². The summed E-state index contributed by atoms with van der Waals surface area (Å²) in [5, 5.41) is 17.7. The van der Waals surface area contributed by atoms with Gasteiger partial charge >= 0.3 is 11.9 Å². The van der Waals surface area contributed by atoms with E-state index in [9.17, 15) is 36.3 Å². The van der Waals surface area contributed by atoms with Crippen molar-refractivity contribution in [3.05, 3.63) is 346 Å². The molecule has 0 saturated heterocycles. The standard InChI is InChI=1S/C8H6BrFO2.C8H8BrF.C7H5Br2F.C7H4BrFO2.C7H6BrFO.5C6H5Br.C3H6O2.C3H8.C2H5Br.C2H6O.5C2H6.CH3.Y/c1-12-8(11)6-3-2-5(9)4-7(6)10;1-2-6-3-4-7(9)5-8(6)10;8-4-5-1-2-6(9)3-7(5)10;8-5-1-2-7(11-4-10)6(9)3-5;8-6-2-1-5(4-10)7(9)3-6;5*7-6-4-2-1-3-5-6;1-3(4)5-2;1-3-2;2*1-2-3;5*1-2;;/h2-4H,1H3;3-5H,2H2,1H3;1-3H,4H2;1-4H;1-3,10H,4H2;5*1-5H;1-2H3;3H2,1-2H3;2H2,1H3;3H,2H2,1H3;5*1-2H3;1H3;/q;;;;;;;;;;;;;;;;;;;-1;. The molecular formula is C88H112Br12F5O8Y-. The number of alkyl halides is 2. The van der Waals surface area contributed by atoms with E-state index in [4.69, 9.17) is 10.2 Å². The maximum atomic E-state index is 13.0. The number of carbonyl (C=O) groups excluding carboxylic acids is 3. The zero-order chi connectivity index (χ0) is 88.1. The molecule has 635 valence electrons. The molecule has 0 aliphatic heterocycles. The fourth-order valence-corrected chi connectivity index (χ4v) is 9.20. The van der Waals surface area contributed by atoms with Crippen molar-refractivity contribution in [1.29, 1.82) is 0 Å². The number of aliphatic hydroxyl groups is 2. The van der Waals surface area contributed by atoms with E-state index in [1.54, 1.807) is 43.3 Å². The predicted octanol–water partition coefficient (Wildman–Crippen LogP) is 34.0. The van der Waals surface area contributed by atoms with Crippen LogP contribution in [0.1, 0.15) is 144 Å². The summed E-state index contributed by atoms with van der Waals surface area (Å²) in [6.07, 6.45) is 2.00. The average Bonchev–Trinajstić information content (AvgIpc) is 0.883. The van der Waals surface area contributed by atoms with Crippen LogP contribution in [0.3, 0.4) is 0 Å². The van der Waals surface area contributed by atoms with Crippen LogP contribution in [0.25, 0.3) is 0 Å². The van der Waals surface area contributed by atoms with Crippen LogP contribution < -0.4 is 4.74 Å². The van der Waals surface area contributed by atoms with E-state index >= 15 is 0 Å². The molecule has 0 amide bonds. The molecule has 26 heteroatoms. The first kappa shape index (κ1) is 134. The van der Waals surface area contributed by atoms with Crippen LogP contribution in [0.4, 0.5) is 22.0 Å². The number of benzene rings is 10. The molecule has 10 aromatic rings. The molecule has 10 aromatic carbocycles. The Labute approximate surface area is 806 Å². The summed E-state index contributed by atoms with van der Waals surface area (Å²) in [6.45, 7) is 31.5. The Morgan fingerprint density at radius 2 is 0.596 bits per heavy atom. The van der Waals surface area contributed by atoms with Crippen LogP contribution >= 0.6 is 191 Å². The van der Waals surface area contributed by atoms with Crippen molar-refractivity contribution >= 4 is 210 Å². The third-order valence-electron chi connectivity index (χ3n) is 10.1. The maximum absolute atomic E-state index is 13.0. The van der Waals surface area contributed by atoms with Gasteiger partial charge in [0.15, 0.2) is 11.6 Å². The average molecular weight is 2440 g/mol. The van der Waals surface area contributed by atoms with Crippen molar-refractivity contribution in [3.8, 4) is 5.75 Å². The molecule has 0 saturated carbocycles. The Balaban J connectivity index is -0.000000112. The van der Waals surface area contributed by atoms with Crippen molar-refractivity contribution < 1.29 is 93.5 Å². The van der Waals surface area contributed by atoms with Crippen LogP contribution in [0, 0.1) is 36.5 Å². The van der Waals surface area contributed by atoms with E-state index in [1.807, 2.05) is 247 Å². The van der Waals surface area contributed by atoms with Crippen molar-refractivity contribution in [2.75, 3.05) is 26.2 Å². The smallest absolute Gasteiger partial charge is 0.340 e. The molecule has 0 aliphatic carbocycles. The Kier molecular flexibility index (Phi) is 121. The number of ether oxygens (including phenoxy) is 3. The van der Waals surface area contributed by atoms with Crippen molar-refractivity contribution in [2.24, 2.45) is 0 Å². The molecule has 0 unspecified atom stereocenters. The van der Waals surface area contributed by atoms with Gasteiger partial charge in [0.1, 0.15) is 23.3 Å². The largest absolute Gasteiger partial charge is 0.469 e. The number of rotatable bonds is 6. The van der Waals surface area contributed by atoms with Gasteiger partial charge in [0.25, 0.3) is 6.47 Å². The molecule has 0 aromatic heterocycles. The topological polar surface area (TPSA) is 119 Å². The molecular weight excluding hydrogens is 2330 g/mol. The Hall–Kier alpha value is -2.96. The molecule has 0 aliphatic rings. The number of esters is 2. The quantitative estimate of drug-likeness (QED) is 0.0555. The predicted molar refractivity (Wildman–Crippen MR) is 516 cm³/mol. The minimum absolute atomic E-state index is 0. The summed E-state index contributed by atoms with van der Waals surface area (Å²) in [6, 6.07) is 72.9. The molecule has 114 heavy (non-hydrogen) atoms. The Morgan fingerprint density at radius 1 is 0.368 bits per heavy atom. The first-order chi connectivity index (χ1) is 53.6. The summed E-state index contributed by atoms with van der Waals surface area (Å²) in [7, 11) is 2.56. The molecule has 0 atom stereocenters. The van der Waals surface area contributed by atoms with Gasteiger partial charge in [-0.15, -0.1) is 0 Å². The van der Waals surface area contributed by atoms with Crippen LogP contribution in [0.2, 0.25) is 0 Å². The minimum atomic E-state index is -0.667. The number of methoxy groups -OCH3 is 2. The van der Waals surface area contributed by atoms with E-state index in [0.717, 1.165) is 48.6 Å². The molecule has 0 fully saturated rings. The molecule has 10 rings (SSSR count). The Morgan fingerprint density at radius 3 is 0.781 bits per heavy atom. The maximum Gasteiger partial charge on any atom is 0.340 e.